The van der Waals surface area contributed by atoms with E-state index in [1.54, 1.807) is 19.2 Å². The van der Waals surface area contributed by atoms with E-state index in [0.29, 0.717) is 6.54 Å². The van der Waals surface area contributed by atoms with E-state index >= 15 is 0 Å². The van der Waals surface area contributed by atoms with Crippen LogP contribution in [0.25, 0.3) is 0 Å². The van der Waals surface area contributed by atoms with Gasteiger partial charge in [0.25, 0.3) is 0 Å². The molecule has 0 radical (unpaired) electrons. The van der Waals surface area contributed by atoms with Gasteiger partial charge in [0, 0.05) is 13.7 Å². The Bertz CT molecular complexity index is 464. The molecule has 2 amide bonds. The molecule has 0 aliphatic carbocycles. The van der Waals surface area contributed by atoms with Gasteiger partial charge in [-0.25, -0.2) is 9.18 Å². The summed E-state index contributed by atoms with van der Waals surface area (Å²) in [7, 11) is 1.67. The number of ether oxygens (including phenoxy) is 1. The highest BCUT2D eigenvalue weighted by molar-refractivity contribution is 7.99. The third-order valence-electron chi connectivity index (χ3n) is 3.53. The number of thioether (sulfide) groups is 1. The van der Waals surface area contributed by atoms with E-state index in [1.807, 2.05) is 11.8 Å². The molecule has 1 heterocycles. The number of amides is 2. The van der Waals surface area contributed by atoms with Crippen molar-refractivity contribution >= 4 is 23.5 Å². The summed E-state index contributed by atoms with van der Waals surface area (Å²) in [5.74, 6) is 1.62. The van der Waals surface area contributed by atoms with E-state index < -0.39 is 11.8 Å². The number of anilines is 1. The molecule has 0 saturated carbocycles. The Morgan fingerprint density at radius 1 is 1.40 bits per heavy atom. The zero-order valence-corrected chi connectivity index (χ0v) is 12.3. The maximum Gasteiger partial charge on any atom is 0.319 e. The van der Waals surface area contributed by atoms with Crippen LogP contribution in [-0.2, 0) is 4.74 Å². The Kier molecular flexibility index (Phi) is 5.25. The molecule has 20 heavy (non-hydrogen) atoms. The van der Waals surface area contributed by atoms with Crippen LogP contribution in [0.4, 0.5) is 14.9 Å². The molecule has 6 heteroatoms. The van der Waals surface area contributed by atoms with Crippen LogP contribution in [0.15, 0.2) is 24.3 Å². The van der Waals surface area contributed by atoms with Crippen LogP contribution in [0.1, 0.15) is 12.8 Å². The first kappa shape index (κ1) is 15.1. The minimum Gasteiger partial charge on any atom is -0.376 e. The summed E-state index contributed by atoms with van der Waals surface area (Å²) in [5, 5.41) is 5.27. The van der Waals surface area contributed by atoms with Crippen molar-refractivity contribution in [3.05, 3.63) is 30.1 Å². The van der Waals surface area contributed by atoms with Crippen molar-refractivity contribution < 1.29 is 13.9 Å². The van der Waals surface area contributed by atoms with Gasteiger partial charge in [0.1, 0.15) is 5.82 Å². The number of hydrogen-bond donors (Lipinski definition) is 2. The van der Waals surface area contributed by atoms with Gasteiger partial charge in [0.15, 0.2) is 0 Å². The van der Waals surface area contributed by atoms with Crippen molar-refractivity contribution in [3.8, 4) is 0 Å². The number of nitrogens with one attached hydrogen (secondary N) is 2. The first-order chi connectivity index (χ1) is 9.65. The zero-order valence-electron chi connectivity index (χ0n) is 11.4. The molecule has 1 fully saturated rings. The number of carbonyl (C=O) groups excluding carboxylic acids is 1. The van der Waals surface area contributed by atoms with Crippen LogP contribution >= 0.6 is 11.8 Å². The average Bonchev–Trinajstić information content (AvgIpc) is 2.49. The summed E-state index contributed by atoms with van der Waals surface area (Å²) < 4.78 is 19.0. The monoisotopic (exact) mass is 298 g/mol. The van der Waals surface area contributed by atoms with Gasteiger partial charge in [-0.3, -0.25) is 0 Å². The first-order valence-corrected chi connectivity index (χ1v) is 7.73. The van der Waals surface area contributed by atoms with Crippen molar-refractivity contribution in [2.45, 2.75) is 18.4 Å². The van der Waals surface area contributed by atoms with Gasteiger partial charge in [-0.05, 0) is 36.5 Å². The van der Waals surface area contributed by atoms with Crippen LogP contribution in [0, 0.1) is 5.82 Å². The van der Waals surface area contributed by atoms with Crippen molar-refractivity contribution in [2.24, 2.45) is 0 Å². The topological polar surface area (TPSA) is 50.4 Å². The molecule has 0 bridgehead atoms. The largest absolute Gasteiger partial charge is 0.376 e. The molecule has 0 spiro atoms. The minimum absolute atomic E-state index is 0.177. The maximum atomic E-state index is 13.4. The van der Waals surface area contributed by atoms with E-state index in [9.17, 15) is 9.18 Å². The molecule has 1 saturated heterocycles. The van der Waals surface area contributed by atoms with Crippen LogP contribution in [-0.4, -0.2) is 36.8 Å². The molecule has 1 aliphatic heterocycles. The zero-order chi connectivity index (χ0) is 14.4. The summed E-state index contributed by atoms with van der Waals surface area (Å²) in [6.45, 7) is 0.435. The fourth-order valence-corrected chi connectivity index (χ4v) is 3.40. The van der Waals surface area contributed by atoms with E-state index in [1.165, 1.54) is 12.1 Å². The standard InChI is InChI=1S/C14H19FN2O2S/c1-19-14(6-8-20-9-7-14)10-16-13(18)17-12-5-3-2-4-11(12)15/h2-5H,6-10H2,1H3,(H2,16,17,18). The summed E-state index contributed by atoms with van der Waals surface area (Å²) >= 11 is 1.89. The minimum atomic E-state index is -0.446. The number of urea groups is 1. The Morgan fingerprint density at radius 2 is 2.10 bits per heavy atom. The van der Waals surface area contributed by atoms with E-state index in [4.69, 9.17) is 4.74 Å². The lowest BCUT2D eigenvalue weighted by atomic mass is 9.96. The van der Waals surface area contributed by atoms with Gasteiger partial charge >= 0.3 is 6.03 Å². The lowest BCUT2D eigenvalue weighted by Crippen LogP contribution is -2.47. The summed E-state index contributed by atoms with van der Waals surface area (Å²) in [4.78, 5) is 11.8. The second-order valence-electron chi connectivity index (χ2n) is 4.79. The number of hydrogen-bond acceptors (Lipinski definition) is 3. The Morgan fingerprint density at radius 3 is 2.75 bits per heavy atom. The number of para-hydroxylation sites is 1. The number of methoxy groups -OCH3 is 1. The third kappa shape index (κ3) is 3.86. The Labute approximate surface area is 122 Å². The van der Waals surface area contributed by atoms with Gasteiger partial charge in [0.05, 0.1) is 11.3 Å². The molecular formula is C14H19FN2O2S. The molecule has 4 nitrogen and oxygen atoms in total. The average molecular weight is 298 g/mol. The number of carbonyl (C=O) groups is 1. The van der Waals surface area contributed by atoms with E-state index in [0.717, 1.165) is 24.3 Å². The van der Waals surface area contributed by atoms with Gasteiger partial charge in [-0.1, -0.05) is 12.1 Å². The van der Waals surface area contributed by atoms with Gasteiger partial charge in [-0.15, -0.1) is 0 Å². The summed E-state index contributed by atoms with van der Waals surface area (Å²) in [5.41, 5.74) is -0.117. The molecule has 2 N–H and O–H groups in total. The highest BCUT2D eigenvalue weighted by Gasteiger charge is 2.32. The smallest absolute Gasteiger partial charge is 0.319 e. The third-order valence-corrected chi connectivity index (χ3v) is 4.52. The van der Waals surface area contributed by atoms with Gasteiger partial charge in [-0.2, -0.15) is 11.8 Å². The maximum absolute atomic E-state index is 13.4. The van der Waals surface area contributed by atoms with Crippen LogP contribution in [0.2, 0.25) is 0 Å². The van der Waals surface area contributed by atoms with E-state index in [-0.39, 0.29) is 11.3 Å². The second kappa shape index (κ2) is 6.95. The SMILES string of the molecule is COC1(CNC(=O)Nc2ccccc2F)CCSCC1. The number of benzene rings is 1. The number of rotatable bonds is 4. The lowest BCUT2D eigenvalue weighted by Gasteiger charge is -2.35. The van der Waals surface area contributed by atoms with Crippen molar-refractivity contribution in [2.75, 3.05) is 30.5 Å². The predicted octanol–water partition coefficient (Wildman–Crippen LogP) is 2.86. The van der Waals surface area contributed by atoms with Gasteiger partial charge in [0.2, 0.25) is 0 Å². The second-order valence-corrected chi connectivity index (χ2v) is 6.01. The molecule has 0 unspecified atom stereocenters. The summed E-state index contributed by atoms with van der Waals surface area (Å²) in [6, 6.07) is 5.68. The van der Waals surface area contributed by atoms with Crippen molar-refractivity contribution in [1.29, 1.82) is 0 Å². The van der Waals surface area contributed by atoms with E-state index in [2.05, 4.69) is 10.6 Å². The normalized spacial score (nSPS) is 17.5. The molecule has 1 aromatic carbocycles. The molecular weight excluding hydrogens is 279 g/mol. The highest BCUT2D eigenvalue weighted by atomic mass is 32.2. The Balaban J connectivity index is 1.87. The predicted molar refractivity (Wildman–Crippen MR) is 79.7 cm³/mol. The molecule has 2 rings (SSSR count). The summed E-state index contributed by atoms with van der Waals surface area (Å²) in [6.07, 6.45) is 1.82. The highest BCUT2D eigenvalue weighted by Crippen LogP contribution is 2.29. The molecule has 1 aromatic rings. The number of halogens is 1. The van der Waals surface area contributed by atoms with Crippen molar-refractivity contribution in [1.82, 2.24) is 5.32 Å². The van der Waals surface area contributed by atoms with Crippen LogP contribution < -0.4 is 10.6 Å². The van der Waals surface area contributed by atoms with Crippen molar-refractivity contribution in [3.63, 3.8) is 0 Å². The molecule has 1 aliphatic rings. The van der Waals surface area contributed by atoms with Gasteiger partial charge < -0.3 is 15.4 Å². The Hall–Kier alpha value is -1.27. The van der Waals surface area contributed by atoms with Crippen LogP contribution in [0.3, 0.4) is 0 Å². The fourth-order valence-electron chi connectivity index (χ4n) is 2.17. The van der Waals surface area contributed by atoms with Crippen LogP contribution in [0.5, 0.6) is 0 Å². The quantitative estimate of drug-likeness (QED) is 0.898. The fraction of sp³-hybridized carbons (Fsp3) is 0.500. The molecule has 0 aromatic heterocycles. The first-order valence-electron chi connectivity index (χ1n) is 6.57. The molecule has 0 atom stereocenters. The lowest BCUT2D eigenvalue weighted by molar-refractivity contribution is -0.0134. The molecule has 110 valence electrons.